The molecule has 0 bridgehead atoms. The number of allylic oxidation sites excluding steroid dienone is 22. The Morgan fingerprint density at radius 3 is 1.03 bits per heavy atom. The second kappa shape index (κ2) is 54.2. The monoisotopic (exact) mass is 925 g/mol. The van der Waals surface area contributed by atoms with Crippen molar-refractivity contribution in [2.75, 3.05) is 13.2 Å². The Labute approximate surface area is 411 Å². The highest BCUT2D eigenvalue weighted by atomic mass is 16.6. The predicted octanol–water partition coefficient (Wildman–Crippen LogP) is 17.9. The first-order valence-corrected chi connectivity index (χ1v) is 26.7. The number of carbonyl (C=O) groups is 3. The van der Waals surface area contributed by atoms with Crippen LogP contribution in [0.3, 0.4) is 0 Å². The van der Waals surface area contributed by atoms with Crippen LogP contribution in [0.15, 0.2) is 134 Å². The Morgan fingerprint density at radius 1 is 0.313 bits per heavy atom. The minimum atomic E-state index is -0.848. The SMILES string of the molecule is CC/C=C\C/C=C\C/C=C\C/C=C\C/C=C\CCC(=O)OC(COC(=O)CCC/C=C\C/C=C\C/C=C\CCCCCCCC)COC(=O)CCCCCCCC/C=C\C/C=C\C/C=C\CC. The van der Waals surface area contributed by atoms with Crippen molar-refractivity contribution in [2.24, 2.45) is 0 Å². The van der Waals surface area contributed by atoms with Gasteiger partial charge in [0, 0.05) is 19.3 Å². The van der Waals surface area contributed by atoms with E-state index in [0.29, 0.717) is 19.3 Å². The minimum absolute atomic E-state index is 0.135. The molecule has 0 rings (SSSR count). The molecule has 0 saturated heterocycles. The molecule has 6 nitrogen and oxygen atoms in total. The van der Waals surface area contributed by atoms with Gasteiger partial charge < -0.3 is 14.2 Å². The van der Waals surface area contributed by atoms with Crippen LogP contribution in [0.5, 0.6) is 0 Å². The third-order valence-electron chi connectivity index (χ3n) is 10.6. The largest absolute Gasteiger partial charge is 0.462 e. The molecule has 0 aliphatic rings. The van der Waals surface area contributed by atoms with Crippen molar-refractivity contribution in [3.8, 4) is 0 Å². The molecule has 0 radical (unpaired) electrons. The minimum Gasteiger partial charge on any atom is -0.462 e. The average molecular weight is 925 g/mol. The van der Waals surface area contributed by atoms with Crippen molar-refractivity contribution in [3.63, 3.8) is 0 Å². The Balaban J connectivity index is 4.61. The molecule has 0 aromatic carbocycles. The molecule has 1 atom stereocenters. The maximum atomic E-state index is 12.8. The summed E-state index contributed by atoms with van der Waals surface area (Å²) in [4.78, 5) is 38.0. The number of hydrogen-bond donors (Lipinski definition) is 0. The number of unbranched alkanes of at least 4 members (excludes halogenated alkanes) is 13. The fraction of sp³-hybridized carbons (Fsp3) is 0.590. The summed E-state index contributed by atoms with van der Waals surface area (Å²) >= 11 is 0. The van der Waals surface area contributed by atoms with Gasteiger partial charge in [-0.15, -0.1) is 0 Å². The summed E-state index contributed by atoms with van der Waals surface area (Å²) in [7, 11) is 0. The third-order valence-corrected chi connectivity index (χ3v) is 10.6. The number of esters is 3. The Hall–Kier alpha value is -4.45. The van der Waals surface area contributed by atoms with Gasteiger partial charge in [0.25, 0.3) is 0 Å². The maximum Gasteiger partial charge on any atom is 0.306 e. The van der Waals surface area contributed by atoms with E-state index in [-0.39, 0.29) is 38.0 Å². The van der Waals surface area contributed by atoms with E-state index in [2.05, 4.69) is 142 Å². The fourth-order valence-electron chi connectivity index (χ4n) is 6.70. The van der Waals surface area contributed by atoms with Crippen LogP contribution in [0.25, 0.3) is 0 Å². The number of rotatable bonds is 46. The summed E-state index contributed by atoms with van der Waals surface area (Å²) in [5.74, 6) is -1.09. The van der Waals surface area contributed by atoms with E-state index >= 15 is 0 Å². The van der Waals surface area contributed by atoms with Gasteiger partial charge in [-0.1, -0.05) is 212 Å². The number of ether oxygens (including phenoxy) is 3. The van der Waals surface area contributed by atoms with Crippen molar-refractivity contribution in [3.05, 3.63) is 134 Å². The van der Waals surface area contributed by atoms with E-state index in [1.807, 2.05) is 12.2 Å². The maximum absolute atomic E-state index is 12.8. The molecule has 67 heavy (non-hydrogen) atoms. The molecule has 0 fully saturated rings. The molecular weight excluding hydrogens is 829 g/mol. The lowest BCUT2D eigenvalue weighted by Crippen LogP contribution is -2.30. The summed E-state index contributed by atoms with van der Waals surface area (Å²) in [5, 5.41) is 0. The van der Waals surface area contributed by atoms with E-state index in [1.165, 1.54) is 57.8 Å². The number of carbonyl (C=O) groups excluding carboxylic acids is 3. The highest BCUT2D eigenvalue weighted by molar-refractivity contribution is 5.71. The Morgan fingerprint density at radius 2 is 0.627 bits per heavy atom. The second-order valence-corrected chi connectivity index (χ2v) is 17.0. The van der Waals surface area contributed by atoms with Crippen LogP contribution >= 0.6 is 0 Å². The molecule has 0 aromatic heterocycles. The van der Waals surface area contributed by atoms with Crippen molar-refractivity contribution in [2.45, 2.75) is 219 Å². The lowest BCUT2D eigenvalue weighted by atomic mass is 10.1. The van der Waals surface area contributed by atoms with E-state index < -0.39 is 12.1 Å². The van der Waals surface area contributed by atoms with E-state index in [9.17, 15) is 14.4 Å². The van der Waals surface area contributed by atoms with Crippen LogP contribution in [0, 0.1) is 0 Å². The zero-order valence-corrected chi connectivity index (χ0v) is 42.9. The first-order chi connectivity index (χ1) is 33.0. The van der Waals surface area contributed by atoms with Crippen molar-refractivity contribution in [1.82, 2.24) is 0 Å². The van der Waals surface area contributed by atoms with Gasteiger partial charge in [-0.05, 0) is 116 Å². The van der Waals surface area contributed by atoms with Gasteiger partial charge in [-0.2, -0.15) is 0 Å². The topological polar surface area (TPSA) is 78.9 Å². The molecule has 0 heterocycles. The van der Waals surface area contributed by atoms with Crippen LogP contribution in [-0.2, 0) is 28.6 Å². The summed E-state index contributed by atoms with van der Waals surface area (Å²) in [6.07, 6.45) is 76.0. The molecule has 376 valence electrons. The van der Waals surface area contributed by atoms with Crippen molar-refractivity contribution >= 4 is 17.9 Å². The lowest BCUT2D eigenvalue weighted by Gasteiger charge is -2.18. The van der Waals surface area contributed by atoms with Crippen LogP contribution in [0.1, 0.15) is 213 Å². The van der Waals surface area contributed by atoms with Gasteiger partial charge in [0.2, 0.25) is 0 Å². The van der Waals surface area contributed by atoms with Gasteiger partial charge in [0.15, 0.2) is 6.10 Å². The first kappa shape index (κ1) is 62.5. The van der Waals surface area contributed by atoms with Crippen LogP contribution in [-0.4, -0.2) is 37.2 Å². The van der Waals surface area contributed by atoms with Crippen LogP contribution in [0.4, 0.5) is 0 Å². The Kier molecular flexibility index (Phi) is 50.6. The summed E-state index contributed by atoms with van der Waals surface area (Å²) in [5.41, 5.74) is 0. The van der Waals surface area contributed by atoms with Crippen LogP contribution < -0.4 is 0 Å². The first-order valence-electron chi connectivity index (χ1n) is 26.7. The molecule has 0 spiro atoms. The van der Waals surface area contributed by atoms with Gasteiger partial charge >= 0.3 is 17.9 Å². The molecule has 1 unspecified atom stereocenters. The summed E-state index contributed by atoms with van der Waals surface area (Å²) in [6, 6.07) is 0. The molecule has 0 aliphatic heterocycles. The molecule has 6 heteroatoms. The van der Waals surface area contributed by atoms with Gasteiger partial charge in [0.05, 0.1) is 0 Å². The van der Waals surface area contributed by atoms with Gasteiger partial charge in [-0.3, -0.25) is 14.4 Å². The normalized spacial score (nSPS) is 13.2. The summed E-state index contributed by atoms with van der Waals surface area (Å²) < 4.78 is 16.7. The van der Waals surface area contributed by atoms with Crippen LogP contribution in [0.2, 0.25) is 0 Å². The van der Waals surface area contributed by atoms with Gasteiger partial charge in [0.1, 0.15) is 13.2 Å². The zero-order valence-electron chi connectivity index (χ0n) is 42.9. The average Bonchev–Trinajstić information content (AvgIpc) is 3.33. The molecule has 0 N–H and O–H groups in total. The smallest absolute Gasteiger partial charge is 0.306 e. The highest BCUT2D eigenvalue weighted by Crippen LogP contribution is 2.12. The summed E-state index contributed by atoms with van der Waals surface area (Å²) in [6.45, 7) is 6.27. The van der Waals surface area contributed by atoms with Gasteiger partial charge in [-0.25, -0.2) is 0 Å². The fourth-order valence-corrected chi connectivity index (χ4v) is 6.70. The zero-order chi connectivity index (χ0) is 48.6. The quantitative estimate of drug-likeness (QED) is 0.0262. The highest BCUT2D eigenvalue weighted by Gasteiger charge is 2.19. The molecule has 0 aromatic rings. The molecule has 0 saturated carbocycles. The standard InChI is InChI=1S/C61H96O6/c1-4-7-10-13-16-19-22-25-28-31-34-36-39-42-45-48-51-54-60(63)66-57-58(67-61(64)55-52-49-46-43-40-37-33-30-27-24-21-18-15-12-9-6-3)56-65-59(62)53-50-47-44-41-38-35-32-29-26-23-20-17-14-11-8-5-2/h8-9,11-12,17-18,20-21,25-30,34,36-37,40,42,45-46,49,58H,4-7,10,13-16,19,22-24,31-33,35,38-39,41,43-44,47-48,50-57H2,1-3H3/b11-8-,12-9-,20-17-,21-18-,28-25-,29-26-,30-27-,36-34-,40-37-,45-42-,49-46-. The molecule has 0 aliphatic carbocycles. The predicted molar refractivity (Wildman–Crippen MR) is 288 cm³/mol. The molecule has 0 amide bonds. The van der Waals surface area contributed by atoms with Crippen molar-refractivity contribution in [1.29, 1.82) is 0 Å². The van der Waals surface area contributed by atoms with E-state index in [0.717, 1.165) is 103 Å². The third kappa shape index (κ3) is 52.4. The Bertz CT molecular complexity index is 1480. The lowest BCUT2D eigenvalue weighted by molar-refractivity contribution is -0.166. The molecular formula is C61H96O6. The van der Waals surface area contributed by atoms with Crippen molar-refractivity contribution < 1.29 is 28.6 Å². The number of hydrogen-bond acceptors (Lipinski definition) is 6. The second-order valence-electron chi connectivity index (χ2n) is 17.0. The van der Waals surface area contributed by atoms with E-state index in [1.54, 1.807) is 0 Å². The van der Waals surface area contributed by atoms with E-state index in [4.69, 9.17) is 14.2 Å².